The fraction of sp³-hybridized carbons (Fsp3) is 0.149. The van der Waals surface area contributed by atoms with E-state index in [1.54, 1.807) is 11.3 Å². The predicted molar refractivity (Wildman–Crippen MR) is 222 cm³/mol. The van der Waals surface area contributed by atoms with Crippen LogP contribution >= 0.6 is 11.3 Å². The first-order chi connectivity index (χ1) is 25.1. The van der Waals surface area contributed by atoms with Crippen LogP contribution < -0.4 is 5.19 Å². The molecule has 0 spiro atoms. The Balaban J connectivity index is 0.000000199. The zero-order valence-electron chi connectivity index (χ0n) is 30.6. The van der Waals surface area contributed by atoms with Crippen molar-refractivity contribution < 1.29 is 24.5 Å². The van der Waals surface area contributed by atoms with Crippen LogP contribution in [0.3, 0.4) is 0 Å². The van der Waals surface area contributed by atoms with Crippen LogP contribution in [0.4, 0.5) is 4.39 Å². The number of aromatic nitrogens is 2. The maximum Gasteiger partial charge on any atom is 0.123 e. The van der Waals surface area contributed by atoms with Crippen molar-refractivity contribution in [3.8, 4) is 44.8 Å². The molecule has 0 N–H and O–H groups in total. The van der Waals surface area contributed by atoms with Crippen LogP contribution in [0.5, 0.6) is 0 Å². The number of fused-ring (bicyclic) bond motifs is 3. The molecule has 0 aliphatic heterocycles. The summed E-state index contributed by atoms with van der Waals surface area (Å²) < 4.78 is 15.7. The molecule has 267 valence electrons. The van der Waals surface area contributed by atoms with Gasteiger partial charge >= 0.3 is 0 Å². The van der Waals surface area contributed by atoms with E-state index in [1.165, 1.54) is 48.6 Å². The molecule has 6 heteroatoms. The molecule has 0 fully saturated rings. The summed E-state index contributed by atoms with van der Waals surface area (Å²) in [5.41, 5.74) is 9.94. The molecule has 0 aliphatic rings. The van der Waals surface area contributed by atoms with Crippen LogP contribution in [-0.4, -0.2) is 18.0 Å². The van der Waals surface area contributed by atoms with E-state index in [-0.39, 0.29) is 25.9 Å². The van der Waals surface area contributed by atoms with E-state index in [0.29, 0.717) is 5.92 Å². The first-order valence-electron chi connectivity index (χ1n) is 17.8. The van der Waals surface area contributed by atoms with Gasteiger partial charge in [0, 0.05) is 37.2 Å². The maximum absolute atomic E-state index is 13.3. The van der Waals surface area contributed by atoms with Gasteiger partial charge in [-0.05, 0) is 85.5 Å². The first-order valence-corrected chi connectivity index (χ1v) is 22.1. The van der Waals surface area contributed by atoms with E-state index in [4.69, 9.17) is 0 Å². The Kier molecular flexibility index (Phi) is 12.0. The van der Waals surface area contributed by atoms with Gasteiger partial charge in [-0.25, -0.2) is 4.39 Å². The van der Waals surface area contributed by atoms with Crippen LogP contribution in [0.2, 0.25) is 19.6 Å². The standard InChI is InChI=1S/C29H17FNS.C18H24NSi.Ir/c30-23-12-9-20(10-13-23)21-11-14-24-25-7-4-8-26(29(25)32-28(24)18-21)27-17-22(15-16-31-27)19-5-2-1-3-6-19;1-14(2)11-16-12-17(15-9-7-6-8-10-15)19-13-18(16)20(3,4)5;/h1-7,9-18H;6-9,12-14H,11H2,1-5H3;/q2*-1;. The fourth-order valence-corrected chi connectivity index (χ4v) is 9.45. The summed E-state index contributed by atoms with van der Waals surface area (Å²) in [5.74, 6) is 0.446. The van der Waals surface area contributed by atoms with Crippen LogP contribution in [0.25, 0.3) is 64.9 Å². The first kappa shape index (κ1) is 38.2. The van der Waals surface area contributed by atoms with Gasteiger partial charge in [-0.3, -0.25) is 0 Å². The minimum absolute atomic E-state index is 0. The molecule has 0 bridgehead atoms. The number of rotatable bonds is 7. The third kappa shape index (κ3) is 8.80. The van der Waals surface area contributed by atoms with Gasteiger partial charge in [-0.1, -0.05) is 111 Å². The van der Waals surface area contributed by atoms with Gasteiger partial charge in [0.05, 0.1) is 8.07 Å². The van der Waals surface area contributed by atoms with Crippen molar-refractivity contribution in [1.29, 1.82) is 0 Å². The van der Waals surface area contributed by atoms with Gasteiger partial charge in [0.25, 0.3) is 0 Å². The fourth-order valence-electron chi connectivity index (χ4n) is 6.61. The smallest absolute Gasteiger partial charge is 0.123 e. The van der Waals surface area contributed by atoms with Crippen molar-refractivity contribution in [2.24, 2.45) is 5.92 Å². The second kappa shape index (κ2) is 16.6. The number of thiophene rings is 1. The van der Waals surface area contributed by atoms with Crippen molar-refractivity contribution in [1.82, 2.24) is 9.97 Å². The number of nitrogens with zero attached hydrogens (tertiary/aromatic N) is 2. The maximum atomic E-state index is 13.3. The van der Waals surface area contributed by atoms with Crippen molar-refractivity contribution >= 4 is 44.8 Å². The van der Waals surface area contributed by atoms with E-state index in [0.717, 1.165) is 45.6 Å². The zero-order valence-corrected chi connectivity index (χ0v) is 34.8. The molecule has 3 aromatic heterocycles. The monoisotopic (exact) mass is 905 g/mol. The van der Waals surface area contributed by atoms with E-state index in [2.05, 4.69) is 116 Å². The largest absolute Gasteiger partial charge is 0.305 e. The summed E-state index contributed by atoms with van der Waals surface area (Å²) in [7, 11) is -1.34. The van der Waals surface area contributed by atoms with Gasteiger partial charge in [-0.2, -0.15) is 11.3 Å². The van der Waals surface area contributed by atoms with Crippen molar-refractivity contribution in [3.63, 3.8) is 0 Å². The molecule has 0 amide bonds. The Labute approximate surface area is 331 Å². The van der Waals surface area contributed by atoms with E-state index >= 15 is 0 Å². The Hall–Kier alpha value is -4.58. The second-order valence-corrected chi connectivity index (χ2v) is 20.7. The molecule has 2 nitrogen and oxygen atoms in total. The molecule has 1 radical (unpaired) electrons. The SMILES string of the molecule is CC(C)Cc1cc(-c2[c-]cccc2)ncc1[Si](C)(C)C.Fc1ccc(-c2ccc3c(c2)sc2c(-c4cc(-c5ccccc5)ccn4)[c-]ccc23)cc1.[Ir]. The van der Waals surface area contributed by atoms with E-state index < -0.39 is 8.07 Å². The summed E-state index contributed by atoms with van der Waals surface area (Å²) in [6.45, 7) is 11.7. The Morgan fingerprint density at radius 1 is 0.679 bits per heavy atom. The summed E-state index contributed by atoms with van der Waals surface area (Å²) in [4.78, 5) is 9.36. The van der Waals surface area contributed by atoms with Gasteiger partial charge < -0.3 is 9.97 Å². The second-order valence-electron chi connectivity index (χ2n) is 14.6. The number of benzene rings is 5. The van der Waals surface area contributed by atoms with Crippen LogP contribution in [-0.2, 0) is 26.5 Å². The molecule has 3 heterocycles. The topological polar surface area (TPSA) is 25.8 Å². The Morgan fingerprint density at radius 2 is 1.40 bits per heavy atom. The van der Waals surface area contributed by atoms with Crippen LogP contribution in [0.15, 0.2) is 140 Å². The van der Waals surface area contributed by atoms with Gasteiger partial charge in [0.1, 0.15) is 5.82 Å². The van der Waals surface area contributed by atoms with Crippen molar-refractivity contribution in [3.05, 3.63) is 163 Å². The van der Waals surface area contributed by atoms with Crippen LogP contribution in [0.1, 0.15) is 19.4 Å². The van der Waals surface area contributed by atoms with Gasteiger partial charge in [-0.15, -0.1) is 59.7 Å². The van der Waals surface area contributed by atoms with Crippen molar-refractivity contribution in [2.75, 3.05) is 0 Å². The minimum Gasteiger partial charge on any atom is -0.305 e. The number of halogens is 1. The molecule has 5 aromatic carbocycles. The van der Waals surface area contributed by atoms with E-state index in [1.807, 2.05) is 66.9 Å². The molecule has 0 unspecified atom stereocenters. The molecule has 0 saturated carbocycles. The average Bonchev–Trinajstić information content (AvgIpc) is 3.54. The Bertz CT molecular complexity index is 2450. The zero-order chi connectivity index (χ0) is 36.2. The molecule has 8 aromatic rings. The predicted octanol–water partition coefficient (Wildman–Crippen LogP) is 12.7. The number of hydrogen-bond acceptors (Lipinski definition) is 3. The van der Waals surface area contributed by atoms with Crippen molar-refractivity contribution in [2.45, 2.75) is 39.9 Å². The molecule has 8 rings (SSSR count). The Morgan fingerprint density at radius 3 is 2.11 bits per heavy atom. The summed E-state index contributed by atoms with van der Waals surface area (Å²) in [5, 5.41) is 3.91. The molecule has 0 aliphatic carbocycles. The molecule has 53 heavy (non-hydrogen) atoms. The third-order valence-corrected chi connectivity index (χ3v) is 12.4. The minimum atomic E-state index is -1.34. The molecule has 0 atom stereocenters. The van der Waals surface area contributed by atoms with Gasteiger partial charge in [0.15, 0.2) is 0 Å². The quantitative estimate of drug-likeness (QED) is 0.118. The normalized spacial score (nSPS) is 11.3. The van der Waals surface area contributed by atoms with Gasteiger partial charge in [0.2, 0.25) is 0 Å². The summed E-state index contributed by atoms with van der Waals surface area (Å²) in [6, 6.07) is 48.8. The average molecular weight is 905 g/mol. The third-order valence-electron chi connectivity index (χ3n) is 9.14. The molecule has 0 saturated heterocycles. The molecular weight excluding hydrogens is 864 g/mol. The number of hydrogen-bond donors (Lipinski definition) is 0. The molecular formula is C47H41FIrN2SSi-2. The summed E-state index contributed by atoms with van der Waals surface area (Å²) >= 11 is 1.75. The van der Waals surface area contributed by atoms with E-state index in [9.17, 15) is 4.39 Å². The van der Waals surface area contributed by atoms with Crippen LogP contribution in [0, 0.1) is 23.9 Å². The number of pyridine rings is 2. The summed E-state index contributed by atoms with van der Waals surface area (Å²) in [6.07, 6.45) is 5.10.